The number of rotatable bonds is 4. The molecule has 3 atom stereocenters. The average molecular weight is 318 g/mol. The molecule has 6 nitrogen and oxygen atoms in total. The molecule has 0 aromatic heterocycles. The van der Waals surface area contributed by atoms with E-state index in [9.17, 15) is 15.2 Å². The summed E-state index contributed by atoms with van der Waals surface area (Å²) in [6.45, 7) is 0. The molecule has 1 aliphatic carbocycles. The smallest absolute Gasteiger partial charge is 0.274 e. The molecule has 1 aromatic carbocycles. The minimum Gasteiger partial charge on any atom is -0.487 e. The van der Waals surface area contributed by atoms with Crippen molar-refractivity contribution in [3.05, 3.63) is 32.8 Å². The van der Waals surface area contributed by atoms with E-state index in [1.165, 1.54) is 19.2 Å². The zero-order chi connectivity index (χ0) is 13.3. The summed E-state index contributed by atoms with van der Waals surface area (Å²) >= 11 is 3.19. The number of non-ortho nitro benzene ring substituents is 1. The second kappa shape index (κ2) is 5.21. The summed E-state index contributed by atoms with van der Waals surface area (Å²) in [5, 5.41) is 20.1. The first kappa shape index (κ1) is 13.3. The lowest BCUT2D eigenvalue weighted by atomic mass is 9.88. The van der Waals surface area contributed by atoms with Gasteiger partial charge in [-0.25, -0.2) is 0 Å². The molecule has 0 aliphatic heterocycles. The molecule has 1 aliphatic rings. The van der Waals surface area contributed by atoms with Crippen LogP contribution in [0.25, 0.3) is 0 Å². The Morgan fingerprint density at radius 2 is 2.22 bits per heavy atom. The molecule has 0 bridgehead atoms. The molecule has 0 saturated heterocycles. The third-order valence-corrected chi connectivity index (χ3v) is 3.30. The Kier molecular flexibility index (Phi) is 3.84. The van der Waals surface area contributed by atoms with Crippen molar-refractivity contribution in [1.82, 2.24) is 0 Å². The Balaban J connectivity index is 2.12. The lowest BCUT2D eigenvalue weighted by Gasteiger charge is -2.39. The third-order valence-electron chi connectivity index (χ3n) is 2.85. The van der Waals surface area contributed by atoms with Crippen LogP contribution in [0, 0.1) is 10.1 Å². The Bertz CT molecular complexity index is 467. The standard InChI is InChI=1S/C11H12BrNO5/c1-17-11-9(14)5-10(11)18-8-3-6(12)2-7(4-8)13(15)16/h2-4,9-11,14H,5H2,1H3. The van der Waals surface area contributed by atoms with E-state index in [-0.39, 0.29) is 17.9 Å². The van der Waals surface area contributed by atoms with E-state index in [2.05, 4.69) is 15.9 Å². The largest absolute Gasteiger partial charge is 0.487 e. The van der Waals surface area contributed by atoms with E-state index < -0.39 is 11.0 Å². The van der Waals surface area contributed by atoms with Crippen LogP contribution < -0.4 is 4.74 Å². The van der Waals surface area contributed by atoms with Gasteiger partial charge in [0.2, 0.25) is 0 Å². The Hall–Kier alpha value is -1.18. The number of nitrogens with zero attached hydrogens (tertiary/aromatic N) is 1. The molecule has 98 valence electrons. The van der Waals surface area contributed by atoms with Crippen molar-refractivity contribution >= 4 is 21.6 Å². The molecule has 0 radical (unpaired) electrons. The maximum absolute atomic E-state index is 10.7. The second-order valence-corrected chi connectivity index (χ2v) is 4.98. The number of hydrogen-bond donors (Lipinski definition) is 1. The molecule has 1 aromatic rings. The van der Waals surface area contributed by atoms with E-state index in [0.29, 0.717) is 16.6 Å². The number of halogens is 1. The van der Waals surface area contributed by atoms with Crippen LogP contribution in [0.5, 0.6) is 5.75 Å². The van der Waals surface area contributed by atoms with E-state index >= 15 is 0 Å². The Labute approximate surface area is 112 Å². The molecule has 1 fully saturated rings. The molecule has 1 N–H and O–H groups in total. The number of hydrogen-bond acceptors (Lipinski definition) is 5. The molecule has 0 spiro atoms. The monoisotopic (exact) mass is 317 g/mol. The first-order chi connectivity index (χ1) is 8.51. The Morgan fingerprint density at radius 1 is 1.50 bits per heavy atom. The van der Waals surface area contributed by atoms with Crippen LogP contribution in [0.15, 0.2) is 22.7 Å². The van der Waals surface area contributed by atoms with Gasteiger partial charge in [-0.15, -0.1) is 0 Å². The summed E-state index contributed by atoms with van der Waals surface area (Å²) in [7, 11) is 1.49. The molecular formula is C11H12BrNO5. The number of benzene rings is 1. The number of nitro benzene ring substituents is 1. The lowest BCUT2D eigenvalue weighted by Crippen LogP contribution is -2.54. The summed E-state index contributed by atoms with van der Waals surface area (Å²) in [4.78, 5) is 10.2. The van der Waals surface area contributed by atoms with Gasteiger partial charge in [0.05, 0.1) is 17.1 Å². The van der Waals surface area contributed by atoms with Crippen molar-refractivity contribution in [2.24, 2.45) is 0 Å². The van der Waals surface area contributed by atoms with Crippen molar-refractivity contribution in [2.75, 3.05) is 7.11 Å². The highest BCUT2D eigenvalue weighted by Crippen LogP contribution is 2.32. The minimum absolute atomic E-state index is 0.0480. The molecule has 1 saturated carbocycles. The summed E-state index contributed by atoms with van der Waals surface area (Å²) < 4.78 is 11.2. The van der Waals surface area contributed by atoms with Crippen LogP contribution >= 0.6 is 15.9 Å². The molecule has 0 heterocycles. The fourth-order valence-corrected chi connectivity index (χ4v) is 2.34. The molecule has 2 rings (SSSR count). The normalized spacial score (nSPS) is 26.5. The predicted octanol–water partition coefficient (Wildman–Crippen LogP) is 1.88. The first-order valence-electron chi connectivity index (χ1n) is 5.33. The van der Waals surface area contributed by atoms with Gasteiger partial charge in [-0.3, -0.25) is 10.1 Å². The quantitative estimate of drug-likeness (QED) is 0.677. The van der Waals surface area contributed by atoms with Gasteiger partial charge in [-0.05, 0) is 6.07 Å². The number of methoxy groups -OCH3 is 1. The van der Waals surface area contributed by atoms with Crippen molar-refractivity contribution in [1.29, 1.82) is 0 Å². The van der Waals surface area contributed by atoms with E-state index in [1.807, 2.05) is 0 Å². The summed E-state index contributed by atoms with van der Waals surface area (Å²) in [6.07, 6.45) is -0.747. The van der Waals surface area contributed by atoms with E-state index in [0.717, 1.165) is 0 Å². The highest BCUT2D eigenvalue weighted by atomic mass is 79.9. The second-order valence-electron chi connectivity index (χ2n) is 4.06. The molecule has 0 amide bonds. The molecule has 7 heteroatoms. The van der Waals surface area contributed by atoms with E-state index in [4.69, 9.17) is 9.47 Å². The zero-order valence-electron chi connectivity index (χ0n) is 9.58. The van der Waals surface area contributed by atoms with Gasteiger partial charge in [-0.2, -0.15) is 0 Å². The van der Waals surface area contributed by atoms with E-state index in [1.54, 1.807) is 6.07 Å². The van der Waals surface area contributed by atoms with Crippen molar-refractivity contribution in [2.45, 2.75) is 24.7 Å². The van der Waals surface area contributed by atoms with Gasteiger partial charge in [-0.1, -0.05) is 15.9 Å². The predicted molar refractivity (Wildman–Crippen MR) is 66.6 cm³/mol. The maximum Gasteiger partial charge on any atom is 0.274 e. The van der Waals surface area contributed by atoms with Crippen LogP contribution in [0.3, 0.4) is 0 Å². The van der Waals surface area contributed by atoms with Gasteiger partial charge < -0.3 is 14.6 Å². The number of aliphatic hydroxyl groups is 1. The number of nitro groups is 1. The van der Waals surface area contributed by atoms with Crippen molar-refractivity contribution in [3.63, 3.8) is 0 Å². The van der Waals surface area contributed by atoms with Gasteiger partial charge in [0.25, 0.3) is 5.69 Å². The summed E-state index contributed by atoms with van der Waals surface area (Å²) in [6, 6.07) is 4.39. The van der Waals surface area contributed by atoms with Crippen LogP contribution in [-0.4, -0.2) is 35.5 Å². The van der Waals surface area contributed by atoms with Crippen molar-refractivity contribution in [3.8, 4) is 5.75 Å². The van der Waals surface area contributed by atoms with Crippen molar-refractivity contribution < 1.29 is 19.5 Å². The number of aliphatic hydroxyl groups excluding tert-OH is 1. The fraction of sp³-hybridized carbons (Fsp3) is 0.455. The first-order valence-corrected chi connectivity index (χ1v) is 6.13. The van der Waals surface area contributed by atoms with Gasteiger partial charge in [0.1, 0.15) is 18.0 Å². The van der Waals surface area contributed by atoms with Crippen LogP contribution in [0.4, 0.5) is 5.69 Å². The summed E-state index contributed by atoms with van der Waals surface area (Å²) in [5.41, 5.74) is -0.0480. The zero-order valence-corrected chi connectivity index (χ0v) is 11.2. The highest BCUT2D eigenvalue weighted by molar-refractivity contribution is 9.10. The fourth-order valence-electron chi connectivity index (χ4n) is 1.88. The van der Waals surface area contributed by atoms with Crippen LogP contribution in [0.2, 0.25) is 0 Å². The Morgan fingerprint density at radius 3 is 2.78 bits per heavy atom. The third kappa shape index (κ3) is 2.63. The highest BCUT2D eigenvalue weighted by Gasteiger charge is 2.42. The molecule has 18 heavy (non-hydrogen) atoms. The van der Waals surface area contributed by atoms with Gasteiger partial charge >= 0.3 is 0 Å². The topological polar surface area (TPSA) is 81.8 Å². The minimum atomic E-state index is -0.540. The maximum atomic E-state index is 10.7. The van der Waals surface area contributed by atoms with Crippen LogP contribution in [0.1, 0.15) is 6.42 Å². The van der Waals surface area contributed by atoms with Crippen LogP contribution in [-0.2, 0) is 4.74 Å². The van der Waals surface area contributed by atoms with Gasteiger partial charge in [0.15, 0.2) is 0 Å². The molecular weight excluding hydrogens is 306 g/mol. The summed E-state index contributed by atoms with van der Waals surface area (Å²) in [5.74, 6) is 0.384. The number of ether oxygens (including phenoxy) is 2. The average Bonchev–Trinajstić information content (AvgIpc) is 2.27. The molecule has 3 unspecified atom stereocenters. The lowest BCUT2D eigenvalue weighted by molar-refractivity contribution is -0.385. The van der Waals surface area contributed by atoms with Gasteiger partial charge in [0, 0.05) is 24.1 Å². The SMILES string of the molecule is COC1C(O)CC1Oc1cc(Br)cc([N+](=O)[O-])c1.